The van der Waals surface area contributed by atoms with Crippen LogP contribution < -0.4 is 14.2 Å². The molecule has 0 N–H and O–H groups in total. The van der Waals surface area contributed by atoms with Gasteiger partial charge in [0.2, 0.25) is 0 Å². The number of carbonyl (C=O) groups is 1. The van der Waals surface area contributed by atoms with Crippen molar-refractivity contribution in [2.75, 3.05) is 13.7 Å². The van der Waals surface area contributed by atoms with Gasteiger partial charge in [0.05, 0.1) is 24.6 Å². The first-order valence-electron chi connectivity index (χ1n) is 11.9. The molecule has 182 valence electrons. The Morgan fingerprint density at radius 3 is 2.77 bits per heavy atom. The Morgan fingerprint density at radius 2 is 2.00 bits per heavy atom. The van der Waals surface area contributed by atoms with Crippen molar-refractivity contribution in [2.45, 2.75) is 51.6 Å². The monoisotopic (exact) mass is 492 g/mol. The molecule has 0 saturated heterocycles. The van der Waals surface area contributed by atoms with Crippen molar-refractivity contribution in [3.63, 3.8) is 0 Å². The second-order valence-corrected chi connectivity index (χ2v) is 9.81. The standard InChI is InChI=1S/C26H28N4O4S/c1-17-24(35-25(27-17)21-11-5-6-15-30(21)32)26(31)29-14-7-10-20(28-29)18-12-13-22(33-2)23(16-18)34-19-8-3-4-9-19/h5-6,11-13,15-16,19H,3-4,7-10,14H2,1-2H3. The number of aryl methyl sites for hydroxylation is 1. The number of hydrazone groups is 1. The molecule has 9 heteroatoms. The molecule has 1 fully saturated rings. The number of ether oxygens (including phenoxy) is 2. The zero-order valence-electron chi connectivity index (χ0n) is 19.9. The molecule has 0 spiro atoms. The first kappa shape index (κ1) is 23.3. The summed E-state index contributed by atoms with van der Waals surface area (Å²) in [7, 11) is 1.64. The van der Waals surface area contributed by atoms with Gasteiger partial charge in [-0.05, 0) is 69.7 Å². The number of amides is 1. The van der Waals surface area contributed by atoms with Crippen LogP contribution in [0, 0.1) is 12.1 Å². The van der Waals surface area contributed by atoms with Crippen LogP contribution in [0.5, 0.6) is 11.5 Å². The summed E-state index contributed by atoms with van der Waals surface area (Å²) in [4.78, 5) is 18.4. The number of thiazole rings is 1. The Hall–Kier alpha value is -3.46. The SMILES string of the molecule is COc1ccc(C2=NN(C(=O)c3sc(-c4cccc[n+]4[O-])nc3C)CCC2)cc1OC1CCCC1. The van der Waals surface area contributed by atoms with Gasteiger partial charge in [-0.2, -0.15) is 9.83 Å². The molecule has 35 heavy (non-hydrogen) atoms. The Morgan fingerprint density at radius 1 is 1.17 bits per heavy atom. The lowest BCUT2D eigenvalue weighted by Crippen LogP contribution is -2.32. The molecule has 2 aromatic heterocycles. The molecule has 8 nitrogen and oxygen atoms in total. The third-order valence-corrected chi connectivity index (χ3v) is 7.55. The van der Waals surface area contributed by atoms with Gasteiger partial charge in [-0.15, -0.1) is 11.3 Å². The fraction of sp³-hybridized carbons (Fsp3) is 0.385. The van der Waals surface area contributed by atoms with Crippen LogP contribution in [0.25, 0.3) is 10.7 Å². The summed E-state index contributed by atoms with van der Waals surface area (Å²) in [5.41, 5.74) is 2.79. The smallest absolute Gasteiger partial charge is 0.285 e. The first-order chi connectivity index (χ1) is 17.0. The van der Waals surface area contributed by atoms with Crippen molar-refractivity contribution in [2.24, 2.45) is 5.10 Å². The maximum Gasteiger partial charge on any atom is 0.285 e. The number of rotatable bonds is 6. The molecule has 0 atom stereocenters. The van der Waals surface area contributed by atoms with Crippen molar-refractivity contribution < 1.29 is 19.0 Å². The highest BCUT2D eigenvalue weighted by Crippen LogP contribution is 2.34. The summed E-state index contributed by atoms with van der Waals surface area (Å²) < 4.78 is 12.5. The zero-order valence-corrected chi connectivity index (χ0v) is 20.7. The van der Waals surface area contributed by atoms with E-state index in [2.05, 4.69) is 4.98 Å². The van der Waals surface area contributed by atoms with Crippen molar-refractivity contribution in [3.8, 4) is 22.2 Å². The Kier molecular flexibility index (Phi) is 6.68. The minimum Gasteiger partial charge on any atom is -0.618 e. The highest BCUT2D eigenvalue weighted by Gasteiger charge is 2.27. The van der Waals surface area contributed by atoms with Gasteiger partial charge in [-0.3, -0.25) is 4.79 Å². The minimum absolute atomic E-state index is 0.201. The van der Waals surface area contributed by atoms with E-state index < -0.39 is 0 Å². The molecule has 5 rings (SSSR count). The second kappa shape index (κ2) is 10.0. The van der Waals surface area contributed by atoms with E-state index in [1.807, 2.05) is 18.2 Å². The lowest BCUT2D eigenvalue weighted by molar-refractivity contribution is -0.593. The van der Waals surface area contributed by atoms with Gasteiger partial charge < -0.3 is 14.7 Å². The van der Waals surface area contributed by atoms with E-state index >= 15 is 0 Å². The van der Waals surface area contributed by atoms with Crippen LogP contribution in [-0.4, -0.2) is 41.4 Å². The van der Waals surface area contributed by atoms with Gasteiger partial charge in [0.25, 0.3) is 11.6 Å². The van der Waals surface area contributed by atoms with Crippen molar-refractivity contribution in [1.29, 1.82) is 0 Å². The van der Waals surface area contributed by atoms with Crippen molar-refractivity contribution in [3.05, 3.63) is 63.9 Å². The number of benzene rings is 1. The van der Waals surface area contributed by atoms with E-state index in [4.69, 9.17) is 14.6 Å². The molecular formula is C26H28N4O4S. The van der Waals surface area contributed by atoms with Crippen LogP contribution in [0.15, 0.2) is 47.7 Å². The molecule has 1 aliphatic carbocycles. The fourth-order valence-electron chi connectivity index (χ4n) is 4.54. The van der Waals surface area contributed by atoms with Crippen LogP contribution in [-0.2, 0) is 0 Å². The third kappa shape index (κ3) is 4.86. The zero-order chi connectivity index (χ0) is 24.4. The quantitative estimate of drug-likeness (QED) is 0.367. The van der Waals surface area contributed by atoms with Gasteiger partial charge in [0, 0.05) is 24.2 Å². The molecule has 2 aliphatic rings. The highest BCUT2D eigenvalue weighted by molar-refractivity contribution is 7.17. The van der Waals surface area contributed by atoms with Gasteiger partial charge in [-0.25, -0.2) is 9.99 Å². The molecule has 0 radical (unpaired) electrons. The largest absolute Gasteiger partial charge is 0.618 e. The third-order valence-electron chi connectivity index (χ3n) is 6.39. The van der Waals surface area contributed by atoms with E-state index in [0.29, 0.717) is 33.6 Å². The molecule has 3 aromatic rings. The number of aromatic nitrogens is 2. The lowest BCUT2D eigenvalue weighted by atomic mass is 10.0. The fourth-order valence-corrected chi connectivity index (χ4v) is 5.57. The van der Waals surface area contributed by atoms with Crippen LogP contribution in [0.3, 0.4) is 0 Å². The summed E-state index contributed by atoms with van der Waals surface area (Å²) in [6.45, 7) is 2.32. The van der Waals surface area contributed by atoms with Crippen LogP contribution in [0.4, 0.5) is 0 Å². The molecule has 1 amide bonds. The molecule has 3 heterocycles. The van der Waals surface area contributed by atoms with E-state index in [0.717, 1.165) is 47.4 Å². The van der Waals surface area contributed by atoms with E-state index in [9.17, 15) is 10.0 Å². The van der Waals surface area contributed by atoms with Crippen LogP contribution in [0.1, 0.15) is 59.5 Å². The summed E-state index contributed by atoms with van der Waals surface area (Å²) in [5.74, 6) is 1.22. The first-order valence-corrected chi connectivity index (χ1v) is 12.8. The molecule has 1 aromatic carbocycles. The van der Waals surface area contributed by atoms with E-state index in [1.54, 1.807) is 32.2 Å². The molecule has 1 saturated carbocycles. The highest BCUT2D eigenvalue weighted by atomic mass is 32.1. The second-order valence-electron chi connectivity index (χ2n) is 8.81. The number of nitrogens with zero attached hydrogens (tertiary/aromatic N) is 4. The number of hydrogen-bond acceptors (Lipinski definition) is 7. The maximum atomic E-state index is 13.4. The Labute approximate surface area is 208 Å². The van der Waals surface area contributed by atoms with Gasteiger partial charge >= 0.3 is 0 Å². The van der Waals surface area contributed by atoms with Gasteiger partial charge in [-0.1, -0.05) is 0 Å². The molecule has 0 bridgehead atoms. The number of methoxy groups -OCH3 is 1. The summed E-state index contributed by atoms with van der Waals surface area (Å²) in [6.07, 6.45) is 7.71. The molecule has 1 aliphatic heterocycles. The summed E-state index contributed by atoms with van der Waals surface area (Å²) >= 11 is 1.22. The Balaban J connectivity index is 1.40. The van der Waals surface area contributed by atoms with Crippen LogP contribution >= 0.6 is 11.3 Å². The minimum atomic E-state index is -0.201. The van der Waals surface area contributed by atoms with E-state index in [-0.39, 0.29) is 12.0 Å². The number of pyridine rings is 1. The van der Waals surface area contributed by atoms with Crippen molar-refractivity contribution in [1.82, 2.24) is 9.99 Å². The summed E-state index contributed by atoms with van der Waals surface area (Å²) in [5, 5.41) is 18.9. The van der Waals surface area contributed by atoms with Crippen LogP contribution in [0.2, 0.25) is 0 Å². The topological polar surface area (TPSA) is 91.0 Å². The maximum absolute atomic E-state index is 13.4. The van der Waals surface area contributed by atoms with Gasteiger partial charge in [0.15, 0.2) is 22.7 Å². The molecular weight excluding hydrogens is 464 g/mol. The van der Waals surface area contributed by atoms with E-state index in [1.165, 1.54) is 35.4 Å². The lowest BCUT2D eigenvalue weighted by Gasteiger charge is -2.24. The number of carbonyl (C=O) groups excluding carboxylic acids is 1. The van der Waals surface area contributed by atoms with Crippen molar-refractivity contribution >= 4 is 23.0 Å². The predicted molar refractivity (Wildman–Crippen MR) is 134 cm³/mol. The van der Waals surface area contributed by atoms with Gasteiger partial charge in [0.1, 0.15) is 4.88 Å². The average molecular weight is 493 g/mol. The normalized spacial score (nSPS) is 16.3. The summed E-state index contributed by atoms with van der Waals surface area (Å²) in [6, 6.07) is 11.0. The predicted octanol–water partition coefficient (Wildman–Crippen LogP) is 4.72. The number of hydrogen-bond donors (Lipinski definition) is 0. The average Bonchev–Trinajstić information content (AvgIpc) is 3.53. The molecule has 0 unspecified atom stereocenters. The Bertz CT molecular complexity index is 1270.